The molecule has 0 unspecified atom stereocenters. The summed E-state index contributed by atoms with van der Waals surface area (Å²) in [5.74, 6) is -1.25. The molecule has 0 fully saturated rings. The molecular weight excluding hydrogens is 310 g/mol. The van der Waals surface area contributed by atoms with E-state index >= 15 is 0 Å². The molecule has 0 bridgehead atoms. The number of halogens is 2. The second kappa shape index (κ2) is 7.77. The normalized spacial score (nSPS) is 10.3. The molecule has 0 saturated heterocycles. The molecule has 2 aromatic carbocycles. The molecule has 2 rings (SSSR count). The van der Waals surface area contributed by atoms with Crippen LogP contribution in [-0.4, -0.2) is 12.5 Å². The SMILES string of the molecule is CCOc1cc(F)cc(C(=O)NNSc2ccccc2F)c1. The van der Waals surface area contributed by atoms with Crippen LogP contribution in [0.5, 0.6) is 5.75 Å². The van der Waals surface area contributed by atoms with Gasteiger partial charge in [-0.1, -0.05) is 12.1 Å². The van der Waals surface area contributed by atoms with E-state index in [1.165, 1.54) is 18.2 Å². The van der Waals surface area contributed by atoms with Gasteiger partial charge in [0.25, 0.3) is 5.91 Å². The highest BCUT2D eigenvalue weighted by molar-refractivity contribution is 7.97. The molecule has 0 radical (unpaired) electrons. The van der Waals surface area contributed by atoms with Crippen LogP contribution in [0.3, 0.4) is 0 Å². The Hall–Kier alpha value is -2.12. The molecular formula is C15H14F2N2O2S. The molecule has 0 aliphatic heterocycles. The number of ether oxygens (including phenoxy) is 1. The van der Waals surface area contributed by atoms with Crippen molar-refractivity contribution in [3.05, 3.63) is 59.7 Å². The first kappa shape index (κ1) is 16.3. The molecule has 0 heterocycles. The Labute approximate surface area is 131 Å². The van der Waals surface area contributed by atoms with E-state index in [0.717, 1.165) is 18.0 Å². The highest BCUT2D eigenvalue weighted by Crippen LogP contribution is 2.18. The summed E-state index contributed by atoms with van der Waals surface area (Å²) >= 11 is 0.907. The molecule has 0 aliphatic carbocycles. The Bertz CT molecular complexity index is 668. The van der Waals surface area contributed by atoms with Crippen LogP contribution in [0.25, 0.3) is 0 Å². The van der Waals surface area contributed by atoms with Gasteiger partial charge in [0.2, 0.25) is 0 Å². The lowest BCUT2D eigenvalue weighted by Gasteiger charge is -2.09. The zero-order chi connectivity index (χ0) is 15.9. The number of hydrogen-bond donors (Lipinski definition) is 2. The average Bonchev–Trinajstić information content (AvgIpc) is 2.49. The summed E-state index contributed by atoms with van der Waals surface area (Å²) < 4.78 is 32.0. The summed E-state index contributed by atoms with van der Waals surface area (Å²) in [5.41, 5.74) is 2.46. The second-order valence-corrected chi connectivity index (χ2v) is 5.05. The van der Waals surface area contributed by atoms with Gasteiger partial charge in [0.1, 0.15) is 17.4 Å². The number of amides is 1. The van der Waals surface area contributed by atoms with Gasteiger partial charge in [-0.15, -0.1) is 0 Å². The molecule has 0 aromatic heterocycles. The molecule has 0 atom stereocenters. The first-order valence-electron chi connectivity index (χ1n) is 6.50. The minimum Gasteiger partial charge on any atom is -0.494 e. The first-order chi connectivity index (χ1) is 10.6. The Morgan fingerprint density at radius 3 is 2.73 bits per heavy atom. The molecule has 7 heteroatoms. The highest BCUT2D eigenvalue weighted by Gasteiger charge is 2.10. The molecule has 1 amide bonds. The van der Waals surface area contributed by atoms with Gasteiger partial charge in [-0.3, -0.25) is 10.2 Å². The third-order valence-electron chi connectivity index (χ3n) is 2.61. The molecule has 4 nitrogen and oxygen atoms in total. The zero-order valence-electron chi connectivity index (χ0n) is 11.7. The van der Waals surface area contributed by atoms with Crippen molar-refractivity contribution in [1.82, 2.24) is 10.3 Å². The van der Waals surface area contributed by atoms with Gasteiger partial charge >= 0.3 is 0 Å². The van der Waals surface area contributed by atoms with Crippen LogP contribution < -0.4 is 15.0 Å². The predicted molar refractivity (Wildman–Crippen MR) is 80.4 cm³/mol. The van der Waals surface area contributed by atoms with Crippen molar-refractivity contribution in [2.45, 2.75) is 11.8 Å². The Balaban J connectivity index is 1.96. The van der Waals surface area contributed by atoms with Crippen LogP contribution in [0.1, 0.15) is 17.3 Å². The van der Waals surface area contributed by atoms with Crippen LogP contribution in [0.4, 0.5) is 8.78 Å². The zero-order valence-corrected chi connectivity index (χ0v) is 12.5. The molecule has 2 aromatic rings. The van der Waals surface area contributed by atoms with Crippen LogP contribution in [0.15, 0.2) is 47.4 Å². The average molecular weight is 324 g/mol. The lowest BCUT2D eigenvalue weighted by atomic mass is 10.2. The third-order valence-corrected chi connectivity index (χ3v) is 3.36. The van der Waals surface area contributed by atoms with Crippen molar-refractivity contribution >= 4 is 17.9 Å². The summed E-state index contributed by atoms with van der Waals surface area (Å²) in [4.78, 5) is 14.8. The van der Waals surface area contributed by atoms with E-state index in [4.69, 9.17) is 4.74 Å². The first-order valence-corrected chi connectivity index (χ1v) is 7.32. The van der Waals surface area contributed by atoms with Crippen LogP contribution in [0, 0.1) is 11.6 Å². The van der Waals surface area contributed by atoms with E-state index in [1.54, 1.807) is 25.1 Å². The van der Waals surface area contributed by atoms with E-state index in [-0.39, 0.29) is 11.3 Å². The van der Waals surface area contributed by atoms with E-state index in [1.807, 2.05) is 0 Å². The number of carbonyl (C=O) groups is 1. The quantitative estimate of drug-likeness (QED) is 0.632. The van der Waals surface area contributed by atoms with Crippen molar-refractivity contribution in [3.8, 4) is 5.75 Å². The topological polar surface area (TPSA) is 50.4 Å². The van der Waals surface area contributed by atoms with Crippen LogP contribution >= 0.6 is 11.9 Å². The van der Waals surface area contributed by atoms with Crippen molar-refractivity contribution in [3.63, 3.8) is 0 Å². The Morgan fingerprint density at radius 2 is 2.00 bits per heavy atom. The largest absolute Gasteiger partial charge is 0.494 e. The maximum atomic E-state index is 13.4. The van der Waals surface area contributed by atoms with Crippen molar-refractivity contribution in [2.75, 3.05) is 6.61 Å². The van der Waals surface area contributed by atoms with Crippen molar-refractivity contribution < 1.29 is 18.3 Å². The number of nitrogens with one attached hydrogen (secondary N) is 2. The monoisotopic (exact) mass is 324 g/mol. The lowest BCUT2D eigenvalue weighted by Crippen LogP contribution is -2.32. The summed E-state index contributed by atoms with van der Waals surface area (Å²) in [6.07, 6.45) is 0. The Morgan fingerprint density at radius 1 is 1.23 bits per heavy atom. The number of rotatable bonds is 6. The summed E-state index contributed by atoms with van der Waals surface area (Å²) in [5, 5.41) is 0. The maximum Gasteiger partial charge on any atom is 0.266 e. The Kier molecular flexibility index (Phi) is 5.74. The predicted octanol–water partition coefficient (Wildman–Crippen LogP) is 3.31. The number of hydrogen-bond acceptors (Lipinski definition) is 4. The minimum atomic E-state index is -0.571. The lowest BCUT2D eigenvalue weighted by molar-refractivity contribution is 0.0946. The highest BCUT2D eigenvalue weighted by atomic mass is 32.2. The van der Waals surface area contributed by atoms with Gasteiger partial charge in [-0.05, 0) is 43.1 Å². The summed E-state index contributed by atoms with van der Waals surface area (Å²) in [6, 6.07) is 9.84. The van der Waals surface area contributed by atoms with Gasteiger partial charge in [0, 0.05) is 11.6 Å². The van der Waals surface area contributed by atoms with E-state index < -0.39 is 17.5 Å². The van der Waals surface area contributed by atoms with E-state index in [9.17, 15) is 13.6 Å². The van der Waals surface area contributed by atoms with Crippen molar-refractivity contribution in [1.29, 1.82) is 0 Å². The van der Waals surface area contributed by atoms with Crippen molar-refractivity contribution in [2.24, 2.45) is 0 Å². The van der Waals surface area contributed by atoms with E-state index in [2.05, 4.69) is 10.3 Å². The molecule has 0 spiro atoms. The fourth-order valence-corrected chi connectivity index (χ4v) is 2.24. The van der Waals surface area contributed by atoms with Gasteiger partial charge in [-0.25, -0.2) is 8.78 Å². The van der Waals surface area contributed by atoms with Crippen LogP contribution in [0.2, 0.25) is 0 Å². The summed E-state index contributed by atoms with van der Waals surface area (Å²) in [6.45, 7) is 2.13. The molecule has 0 aliphatic rings. The second-order valence-electron chi connectivity index (χ2n) is 4.20. The maximum absolute atomic E-state index is 13.4. The standard InChI is InChI=1S/C15H14F2N2O2S/c1-2-21-12-8-10(7-11(16)9-12)15(20)18-19-22-14-6-4-3-5-13(14)17/h3-9,19H,2H2,1H3,(H,18,20). The molecule has 2 N–H and O–H groups in total. The number of hydrazine groups is 1. The minimum absolute atomic E-state index is 0.102. The van der Waals surface area contributed by atoms with Gasteiger partial charge in [0.15, 0.2) is 0 Å². The van der Waals surface area contributed by atoms with E-state index in [0.29, 0.717) is 11.5 Å². The number of benzene rings is 2. The van der Waals surface area contributed by atoms with Gasteiger partial charge in [0.05, 0.1) is 11.5 Å². The fraction of sp³-hybridized carbons (Fsp3) is 0.133. The molecule has 116 valence electrons. The molecule has 0 saturated carbocycles. The van der Waals surface area contributed by atoms with Gasteiger partial charge < -0.3 is 4.74 Å². The molecule has 22 heavy (non-hydrogen) atoms. The third kappa shape index (κ3) is 4.44. The van der Waals surface area contributed by atoms with Gasteiger partial charge in [-0.2, -0.15) is 4.83 Å². The smallest absolute Gasteiger partial charge is 0.266 e. The fourth-order valence-electron chi connectivity index (χ4n) is 1.67. The van der Waals surface area contributed by atoms with Crippen LogP contribution in [-0.2, 0) is 0 Å². The summed E-state index contributed by atoms with van der Waals surface area (Å²) in [7, 11) is 0. The number of carbonyl (C=O) groups excluding carboxylic acids is 1.